The highest BCUT2D eigenvalue weighted by molar-refractivity contribution is 7.54. The third-order valence-electron chi connectivity index (χ3n) is 2.49. The molecule has 0 aliphatic heterocycles. The van der Waals surface area contributed by atoms with E-state index in [-0.39, 0.29) is 19.4 Å². The van der Waals surface area contributed by atoms with E-state index < -0.39 is 25.5 Å². The van der Waals surface area contributed by atoms with Crippen molar-refractivity contribution < 1.29 is 27.9 Å². The molecule has 6 nitrogen and oxygen atoms in total. The number of ether oxygens (including phenoxy) is 1. The van der Waals surface area contributed by atoms with Gasteiger partial charge in [0.05, 0.1) is 13.2 Å². The summed E-state index contributed by atoms with van der Waals surface area (Å²) in [6, 6.07) is 0. The number of Topliss-reactive ketones (excluding diaryl/α,β-unsaturated/α-hetero) is 1. The molecular weight excluding hydrogens is 283 g/mol. The van der Waals surface area contributed by atoms with Crippen LogP contribution in [0.1, 0.15) is 47.0 Å². The Morgan fingerprint density at radius 1 is 1.10 bits per heavy atom. The molecule has 118 valence electrons. The average molecular weight is 308 g/mol. The molecule has 0 amide bonds. The van der Waals surface area contributed by atoms with E-state index in [1.165, 1.54) is 6.92 Å². The summed E-state index contributed by atoms with van der Waals surface area (Å²) in [7, 11) is -3.45. The number of hydrogen-bond donors (Lipinski definition) is 0. The Morgan fingerprint density at radius 2 is 1.65 bits per heavy atom. The summed E-state index contributed by atoms with van der Waals surface area (Å²) in [5.41, 5.74) is 0. The van der Waals surface area contributed by atoms with E-state index in [9.17, 15) is 14.2 Å². The van der Waals surface area contributed by atoms with Crippen molar-refractivity contribution >= 4 is 19.3 Å². The molecule has 0 aliphatic carbocycles. The largest absolute Gasteiger partial charge is 0.455 e. The smallest absolute Gasteiger partial charge is 0.338 e. The Hall–Kier alpha value is -0.710. The van der Waals surface area contributed by atoms with E-state index in [2.05, 4.69) is 0 Å². The standard InChI is InChI=1S/C13H25O6P/c1-5-8-9-13(19-11(4)14)12(15)10-20(16,17-6-2)18-7-3/h13H,5-10H2,1-4H3. The summed E-state index contributed by atoms with van der Waals surface area (Å²) in [4.78, 5) is 23.2. The van der Waals surface area contributed by atoms with Crippen molar-refractivity contribution in [2.45, 2.75) is 53.1 Å². The zero-order valence-corrected chi connectivity index (χ0v) is 13.6. The Labute approximate surface area is 120 Å². The van der Waals surface area contributed by atoms with Crippen LogP contribution in [0.5, 0.6) is 0 Å². The molecule has 0 aromatic heterocycles. The van der Waals surface area contributed by atoms with Crippen LogP contribution in [0.2, 0.25) is 0 Å². The number of carbonyl (C=O) groups excluding carboxylic acids is 2. The third kappa shape index (κ3) is 7.78. The van der Waals surface area contributed by atoms with Gasteiger partial charge in [-0.15, -0.1) is 0 Å². The predicted octanol–water partition coefficient (Wildman–Crippen LogP) is 2.94. The highest BCUT2D eigenvalue weighted by atomic mass is 31.2. The van der Waals surface area contributed by atoms with Gasteiger partial charge in [-0.05, 0) is 26.7 Å². The Bertz CT molecular complexity index is 345. The maximum absolute atomic E-state index is 12.3. The number of rotatable bonds is 11. The molecule has 20 heavy (non-hydrogen) atoms. The normalized spacial score (nSPS) is 13.0. The number of ketones is 1. The van der Waals surface area contributed by atoms with Crippen molar-refractivity contribution in [3.63, 3.8) is 0 Å². The van der Waals surface area contributed by atoms with Gasteiger partial charge < -0.3 is 13.8 Å². The summed E-state index contributed by atoms with van der Waals surface area (Å²) >= 11 is 0. The van der Waals surface area contributed by atoms with Crippen LogP contribution in [0, 0.1) is 0 Å². The molecular formula is C13H25O6P. The molecule has 0 bridgehead atoms. The number of esters is 1. The van der Waals surface area contributed by atoms with Gasteiger partial charge in [0.2, 0.25) is 0 Å². The third-order valence-corrected chi connectivity index (χ3v) is 4.49. The van der Waals surface area contributed by atoms with Crippen molar-refractivity contribution in [1.29, 1.82) is 0 Å². The van der Waals surface area contributed by atoms with Gasteiger partial charge >= 0.3 is 13.6 Å². The SMILES string of the molecule is CCCCC(OC(C)=O)C(=O)CP(=O)(OCC)OCC. The average Bonchev–Trinajstić information content (AvgIpc) is 2.34. The molecule has 7 heteroatoms. The van der Waals surface area contributed by atoms with Crippen LogP contribution >= 0.6 is 7.60 Å². The molecule has 0 fully saturated rings. The molecule has 0 saturated heterocycles. The summed E-state index contributed by atoms with van der Waals surface area (Å²) < 4.78 is 27.4. The zero-order chi connectivity index (χ0) is 15.6. The molecule has 0 aromatic rings. The fourth-order valence-corrected chi connectivity index (χ4v) is 3.32. The quantitative estimate of drug-likeness (QED) is 0.431. The maximum Gasteiger partial charge on any atom is 0.338 e. The van der Waals surface area contributed by atoms with Crippen LogP contribution in [0.15, 0.2) is 0 Å². The van der Waals surface area contributed by atoms with Crippen molar-refractivity contribution in [1.82, 2.24) is 0 Å². The highest BCUT2D eigenvalue weighted by Crippen LogP contribution is 2.48. The Kier molecular flexibility index (Phi) is 9.72. The molecule has 1 atom stereocenters. The van der Waals surface area contributed by atoms with Gasteiger partial charge in [0.1, 0.15) is 6.16 Å². The van der Waals surface area contributed by atoms with Crippen LogP contribution in [0.4, 0.5) is 0 Å². The fourth-order valence-electron chi connectivity index (χ4n) is 1.69. The van der Waals surface area contributed by atoms with Gasteiger partial charge in [-0.3, -0.25) is 14.2 Å². The molecule has 0 radical (unpaired) electrons. The lowest BCUT2D eigenvalue weighted by atomic mass is 10.1. The molecule has 0 rings (SSSR count). The second kappa shape index (κ2) is 10.1. The summed E-state index contributed by atoms with van der Waals surface area (Å²) in [5, 5.41) is 0. The Balaban J connectivity index is 4.76. The summed E-state index contributed by atoms with van der Waals surface area (Å²) in [6.45, 7) is 6.96. The van der Waals surface area contributed by atoms with Crippen LogP contribution in [-0.2, 0) is 27.9 Å². The topological polar surface area (TPSA) is 78.9 Å². The summed E-state index contributed by atoms with van der Waals surface area (Å²) in [5.74, 6) is -0.944. The summed E-state index contributed by atoms with van der Waals surface area (Å²) in [6.07, 6.45) is 0.808. The maximum atomic E-state index is 12.3. The van der Waals surface area contributed by atoms with Crippen LogP contribution < -0.4 is 0 Å². The van der Waals surface area contributed by atoms with E-state index in [4.69, 9.17) is 13.8 Å². The lowest BCUT2D eigenvalue weighted by molar-refractivity contribution is -0.152. The van der Waals surface area contributed by atoms with E-state index in [0.717, 1.165) is 12.8 Å². The molecule has 0 saturated carbocycles. The van der Waals surface area contributed by atoms with Crippen LogP contribution in [-0.4, -0.2) is 37.2 Å². The second-order valence-electron chi connectivity index (χ2n) is 4.31. The van der Waals surface area contributed by atoms with Gasteiger partial charge in [0.15, 0.2) is 11.9 Å². The van der Waals surface area contributed by atoms with Crippen molar-refractivity contribution in [2.75, 3.05) is 19.4 Å². The van der Waals surface area contributed by atoms with E-state index in [1.54, 1.807) is 13.8 Å². The highest BCUT2D eigenvalue weighted by Gasteiger charge is 2.32. The Morgan fingerprint density at radius 3 is 2.05 bits per heavy atom. The van der Waals surface area contributed by atoms with Crippen LogP contribution in [0.25, 0.3) is 0 Å². The second-order valence-corrected chi connectivity index (χ2v) is 6.37. The van der Waals surface area contributed by atoms with Gasteiger partial charge in [-0.25, -0.2) is 0 Å². The monoisotopic (exact) mass is 308 g/mol. The molecule has 0 heterocycles. The van der Waals surface area contributed by atoms with E-state index in [1.807, 2.05) is 6.92 Å². The van der Waals surface area contributed by atoms with Crippen molar-refractivity contribution in [3.8, 4) is 0 Å². The lowest BCUT2D eigenvalue weighted by Crippen LogP contribution is -2.29. The first kappa shape index (κ1) is 19.3. The lowest BCUT2D eigenvalue weighted by Gasteiger charge is -2.20. The minimum Gasteiger partial charge on any atom is -0.455 e. The van der Waals surface area contributed by atoms with Gasteiger partial charge in [0, 0.05) is 6.92 Å². The van der Waals surface area contributed by atoms with Gasteiger partial charge in [-0.1, -0.05) is 13.3 Å². The van der Waals surface area contributed by atoms with Crippen LogP contribution in [0.3, 0.4) is 0 Å². The minimum absolute atomic E-state index is 0.192. The van der Waals surface area contributed by atoms with Crippen molar-refractivity contribution in [3.05, 3.63) is 0 Å². The molecule has 0 aromatic carbocycles. The first-order chi connectivity index (χ1) is 9.38. The minimum atomic E-state index is -3.45. The van der Waals surface area contributed by atoms with E-state index in [0.29, 0.717) is 6.42 Å². The van der Waals surface area contributed by atoms with Crippen molar-refractivity contribution in [2.24, 2.45) is 0 Å². The molecule has 1 unspecified atom stereocenters. The fraction of sp³-hybridized carbons (Fsp3) is 0.846. The number of hydrogen-bond acceptors (Lipinski definition) is 6. The van der Waals surface area contributed by atoms with Gasteiger partial charge in [-0.2, -0.15) is 0 Å². The first-order valence-corrected chi connectivity index (χ1v) is 8.69. The number of carbonyl (C=O) groups is 2. The number of unbranched alkanes of at least 4 members (excludes halogenated alkanes) is 1. The van der Waals surface area contributed by atoms with E-state index >= 15 is 0 Å². The first-order valence-electron chi connectivity index (χ1n) is 6.96. The zero-order valence-electron chi connectivity index (χ0n) is 12.7. The molecule has 0 aliphatic rings. The van der Waals surface area contributed by atoms with Gasteiger partial charge in [0.25, 0.3) is 0 Å². The molecule has 0 spiro atoms. The molecule has 0 N–H and O–H groups in total. The predicted molar refractivity (Wildman–Crippen MR) is 75.8 cm³/mol.